The molecule has 0 fully saturated rings. The Bertz CT molecular complexity index is 1030. The highest BCUT2D eigenvalue weighted by Crippen LogP contribution is 2.38. The van der Waals surface area contributed by atoms with Crippen LogP contribution in [0.1, 0.15) is 0 Å². The molecular weight excluding hydrogens is 354 g/mol. The van der Waals surface area contributed by atoms with Crippen molar-refractivity contribution in [2.24, 2.45) is 0 Å². The Labute approximate surface area is 154 Å². The molecule has 0 bridgehead atoms. The van der Waals surface area contributed by atoms with Gasteiger partial charge in [-0.1, -0.05) is 41.9 Å². The van der Waals surface area contributed by atoms with Gasteiger partial charge in [-0.05, 0) is 23.8 Å². The molecule has 124 valence electrons. The van der Waals surface area contributed by atoms with Crippen LogP contribution in [0, 0.1) is 0 Å². The van der Waals surface area contributed by atoms with Crippen molar-refractivity contribution in [3.8, 4) is 16.9 Å². The minimum Gasteiger partial charge on any atom is -0.495 e. The lowest BCUT2D eigenvalue weighted by molar-refractivity contribution is 0.415. The molecule has 0 atom stereocenters. The van der Waals surface area contributed by atoms with Crippen LogP contribution in [0.4, 0.5) is 11.5 Å². The van der Waals surface area contributed by atoms with E-state index in [9.17, 15) is 0 Å². The maximum atomic E-state index is 6.22. The summed E-state index contributed by atoms with van der Waals surface area (Å²) >= 11 is 7.83. The zero-order valence-corrected chi connectivity index (χ0v) is 14.9. The number of methoxy groups -OCH3 is 1. The lowest BCUT2D eigenvalue weighted by Crippen LogP contribution is -1.96. The molecule has 0 amide bonds. The highest BCUT2D eigenvalue weighted by atomic mass is 35.5. The lowest BCUT2D eigenvalue weighted by atomic mass is 10.1. The molecule has 0 saturated carbocycles. The summed E-state index contributed by atoms with van der Waals surface area (Å²) in [7, 11) is 1.60. The summed E-state index contributed by atoms with van der Waals surface area (Å²) in [5.41, 5.74) is 3.10. The molecule has 0 radical (unpaired) electrons. The monoisotopic (exact) mass is 367 g/mol. The van der Waals surface area contributed by atoms with Crippen molar-refractivity contribution < 1.29 is 4.74 Å². The Morgan fingerprint density at radius 3 is 2.68 bits per heavy atom. The molecule has 1 N–H and O–H groups in total. The van der Waals surface area contributed by atoms with E-state index in [0.717, 1.165) is 32.8 Å². The third kappa shape index (κ3) is 3.04. The molecule has 4 nitrogen and oxygen atoms in total. The van der Waals surface area contributed by atoms with E-state index in [1.54, 1.807) is 24.8 Å². The van der Waals surface area contributed by atoms with Gasteiger partial charge in [-0.25, -0.2) is 9.97 Å². The summed E-state index contributed by atoms with van der Waals surface area (Å²) in [5.74, 6) is 1.40. The first kappa shape index (κ1) is 15.9. The molecule has 4 rings (SSSR count). The van der Waals surface area contributed by atoms with Gasteiger partial charge in [0.1, 0.15) is 22.7 Å². The number of ether oxygens (including phenoxy) is 1. The topological polar surface area (TPSA) is 47.0 Å². The molecule has 0 aliphatic rings. The van der Waals surface area contributed by atoms with Crippen LogP contribution < -0.4 is 10.1 Å². The molecule has 25 heavy (non-hydrogen) atoms. The number of hydrogen-bond donors (Lipinski definition) is 1. The minimum absolute atomic E-state index is 0.548. The number of benzene rings is 2. The van der Waals surface area contributed by atoms with Crippen LogP contribution in [0.2, 0.25) is 5.02 Å². The number of halogens is 1. The van der Waals surface area contributed by atoms with Gasteiger partial charge in [0.15, 0.2) is 0 Å². The predicted octanol–water partition coefficient (Wildman–Crippen LogP) is 5.76. The van der Waals surface area contributed by atoms with E-state index < -0.39 is 0 Å². The number of fused-ring (bicyclic) bond motifs is 1. The maximum Gasteiger partial charge on any atom is 0.143 e. The first-order valence-corrected chi connectivity index (χ1v) is 8.90. The fourth-order valence-corrected chi connectivity index (χ4v) is 3.85. The fourth-order valence-electron chi connectivity index (χ4n) is 2.68. The summed E-state index contributed by atoms with van der Waals surface area (Å²) in [6.45, 7) is 0. The second-order valence-electron chi connectivity index (χ2n) is 5.39. The molecule has 0 unspecified atom stereocenters. The number of thiophene rings is 1. The molecule has 6 heteroatoms. The van der Waals surface area contributed by atoms with Crippen molar-refractivity contribution in [1.29, 1.82) is 0 Å². The van der Waals surface area contributed by atoms with E-state index in [0.29, 0.717) is 10.8 Å². The van der Waals surface area contributed by atoms with Gasteiger partial charge in [0, 0.05) is 16.6 Å². The Hall–Kier alpha value is -2.63. The van der Waals surface area contributed by atoms with E-state index >= 15 is 0 Å². The third-order valence-corrected chi connectivity index (χ3v) is 5.05. The highest BCUT2D eigenvalue weighted by molar-refractivity contribution is 7.17. The summed E-state index contributed by atoms with van der Waals surface area (Å²) in [4.78, 5) is 9.78. The van der Waals surface area contributed by atoms with Gasteiger partial charge in [0.25, 0.3) is 0 Å². The van der Waals surface area contributed by atoms with E-state index in [-0.39, 0.29) is 0 Å². The van der Waals surface area contributed by atoms with Crippen molar-refractivity contribution in [3.63, 3.8) is 0 Å². The van der Waals surface area contributed by atoms with Crippen molar-refractivity contribution in [2.75, 3.05) is 12.4 Å². The number of hydrogen-bond acceptors (Lipinski definition) is 5. The molecular formula is C19H14ClN3OS. The molecule has 0 aliphatic carbocycles. The molecule has 4 aromatic rings. The van der Waals surface area contributed by atoms with Gasteiger partial charge in [-0.15, -0.1) is 11.3 Å². The highest BCUT2D eigenvalue weighted by Gasteiger charge is 2.13. The first-order valence-electron chi connectivity index (χ1n) is 7.64. The van der Waals surface area contributed by atoms with E-state index in [1.807, 2.05) is 36.4 Å². The Balaban J connectivity index is 1.80. The van der Waals surface area contributed by atoms with Gasteiger partial charge in [-0.2, -0.15) is 0 Å². The lowest BCUT2D eigenvalue weighted by Gasteiger charge is -2.10. The zero-order valence-electron chi connectivity index (χ0n) is 13.4. The maximum absolute atomic E-state index is 6.22. The number of aromatic nitrogens is 2. The summed E-state index contributed by atoms with van der Waals surface area (Å²) in [5, 5.41) is 7.02. The average molecular weight is 368 g/mol. The van der Waals surface area contributed by atoms with Gasteiger partial charge in [-0.3, -0.25) is 0 Å². The smallest absolute Gasteiger partial charge is 0.143 e. The second-order valence-corrected chi connectivity index (χ2v) is 6.66. The van der Waals surface area contributed by atoms with Gasteiger partial charge >= 0.3 is 0 Å². The fraction of sp³-hybridized carbons (Fsp3) is 0.0526. The van der Waals surface area contributed by atoms with Crippen molar-refractivity contribution in [2.45, 2.75) is 0 Å². The van der Waals surface area contributed by atoms with Gasteiger partial charge in [0.2, 0.25) is 0 Å². The first-order chi connectivity index (χ1) is 12.3. The molecule has 0 saturated heterocycles. The third-order valence-electron chi connectivity index (χ3n) is 3.87. The van der Waals surface area contributed by atoms with Crippen molar-refractivity contribution >= 4 is 44.7 Å². The SMILES string of the molecule is COc1ccc(Nc2ncnc3scc(-c4ccccc4)c23)cc1Cl. The number of nitrogens with zero attached hydrogens (tertiary/aromatic N) is 2. The standard InChI is InChI=1S/C19H14ClN3OS/c1-24-16-8-7-13(9-15(16)20)23-18-17-14(12-5-3-2-4-6-12)10-25-19(17)22-11-21-18/h2-11H,1H3,(H,21,22,23). The van der Waals surface area contributed by atoms with Crippen molar-refractivity contribution in [1.82, 2.24) is 9.97 Å². The Morgan fingerprint density at radius 2 is 1.92 bits per heavy atom. The van der Waals surface area contributed by atoms with Crippen LogP contribution in [0.15, 0.2) is 60.2 Å². The molecule has 0 aliphatic heterocycles. The quantitative estimate of drug-likeness (QED) is 0.497. The van der Waals surface area contributed by atoms with E-state index in [1.165, 1.54) is 0 Å². The summed E-state index contributed by atoms with van der Waals surface area (Å²) < 4.78 is 5.20. The van der Waals surface area contributed by atoms with Crippen molar-refractivity contribution in [3.05, 3.63) is 65.3 Å². The van der Waals surface area contributed by atoms with E-state index in [2.05, 4.69) is 32.8 Å². The van der Waals surface area contributed by atoms with Crippen LogP contribution in [0.25, 0.3) is 21.3 Å². The van der Waals surface area contributed by atoms with Crippen LogP contribution >= 0.6 is 22.9 Å². The summed E-state index contributed by atoms with van der Waals surface area (Å²) in [6.07, 6.45) is 1.57. The molecule has 2 heterocycles. The van der Waals surface area contributed by atoms with Crippen LogP contribution in [0.3, 0.4) is 0 Å². The van der Waals surface area contributed by atoms with Crippen LogP contribution in [0.5, 0.6) is 5.75 Å². The van der Waals surface area contributed by atoms with Gasteiger partial charge < -0.3 is 10.1 Å². The molecule has 2 aromatic carbocycles. The van der Waals surface area contributed by atoms with Crippen LogP contribution in [-0.4, -0.2) is 17.1 Å². The van der Waals surface area contributed by atoms with Gasteiger partial charge in [0.05, 0.1) is 17.5 Å². The molecule has 2 aromatic heterocycles. The Morgan fingerprint density at radius 1 is 1.08 bits per heavy atom. The van der Waals surface area contributed by atoms with E-state index in [4.69, 9.17) is 16.3 Å². The Kier molecular flexibility index (Phi) is 4.26. The molecule has 0 spiro atoms. The zero-order chi connectivity index (χ0) is 17.2. The second kappa shape index (κ2) is 6.70. The largest absolute Gasteiger partial charge is 0.495 e. The predicted molar refractivity (Wildman–Crippen MR) is 104 cm³/mol. The number of anilines is 2. The minimum atomic E-state index is 0.548. The average Bonchev–Trinajstić information content (AvgIpc) is 3.08. The van der Waals surface area contributed by atoms with Crippen LogP contribution in [-0.2, 0) is 0 Å². The number of nitrogens with one attached hydrogen (secondary N) is 1. The number of rotatable bonds is 4. The summed E-state index contributed by atoms with van der Waals surface area (Å²) in [6, 6.07) is 15.8. The normalized spacial score (nSPS) is 10.8.